The fourth-order valence-corrected chi connectivity index (χ4v) is 5.91. The van der Waals surface area contributed by atoms with E-state index in [1.807, 2.05) is 12.1 Å². The van der Waals surface area contributed by atoms with Gasteiger partial charge in [-0.2, -0.15) is 0 Å². The van der Waals surface area contributed by atoms with Gasteiger partial charge in [0.05, 0.1) is 0 Å². The van der Waals surface area contributed by atoms with Gasteiger partial charge in [0.15, 0.2) is 17.5 Å². The van der Waals surface area contributed by atoms with Crippen molar-refractivity contribution in [1.29, 1.82) is 0 Å². The quantitative estimate of drug-likeness (QED) is 0.144. The first kappa shape index (κ1) is 33.5. The molecule has 0 saturated heterocycles. The van der Waals surface area contributed by atoms with Gasteiger partial charge in [0.25, 0.3) is 0 Å². The molecule has 0 atom stereocenters. The van der Waals surface area contributed by atoms with Gasteiger partial charge in [-0.1, -0.05) is 62.6 Å². The maximum Gasteiger partial charge on any atom is 0.573 e. The van der Waals surface area contributed by atoms with Crippen molar-refractivity contribution in [2.24, 2.45) is 5.92 Å². The van der Waals surface area contributed by atoms with Crippen LogP contribution in [0.1, 0.15) is 93.7 Å². The molecule has 0 N–H and O–H groups in total. The van der Waals surface area contributed by atoms with E-state index in [-0.39, 0.29) is 23.1 Å². The van der Waals surface area contributed by atoms with Crippen LogP contribution in [0.3, 0.4) is 0 Å². The summed E-state index contributed by atoms with van der Waals surface area (Å²) in [6.07, 6.45) is 3.68. The lowest BCUT2D eigenvalue weighted by Gasteiger charge is -2.29. The van der Waals surface area contributed by atoms with Gasteiger partial charge in [0.2, 0.25) is 5.75 Å². The standard InChI is InChI=1S/C35H36F8O/c1-2-3-4-5-6-29(36)33(40)26-16-14-25(15-17-26)24-12-9-22(10-13-24)7-8-23-11-18-28(30(37)19-23)27-20-31(38)34(32(39)21-27)44-35(41,42)43/h11,14-22,24H,2-10,12-13H2,1H3/b33-29+. The van der Waals surface area contributed by atoms with Gasteiger partial charge in [-0.05, 0) is 91.7 Å². The van der Waals surface area contributed by atoms with E-state index in [0.29, 0.717) is 42.4 Å². The lowest BCUT2D eigenvalue weighted by molar-refractivity contribution is -0.276. The highest BCUT2D eigenvalue weighted by Gasteiger charge is 2.34. The molecule has 3 aromatic carbocycles. The molecule has 0 spiro atoms. The Kier molecular flexibility index (Phi) is 11.5. The van der Waals surface area contributed by atoms with Crippen LogP contribution in [0.4, 0.5) is 35.1 Å². The highest BCUT2D eigenvalue weighted by molar-refractivity contribution is 5.66. The van der Waals surface area contributed by atoms with Crippen LogP contribution in [-0.4, -0.2) is 6.36 Å². The minimum atomic E-state index is -5.27. The van der Waals surface area contributed by atoms with Crippen LogP contribution in [0.25, 0.3) is 17.0 Å². The third kappa shape index (κ3) is 9.08. The van der Waals surface area contributed by atoms with E-state index in [0.717, 1.165) is 56.9 Å². The number of ether oxygens (including phenoxy) is 1. The maximum atomic E-state index is 14.9. The van der Waals surface area contributed by atoms with Crippen molar-refractivity contribution in [3.8, 4) is 16.9 Å². The van der Waals surface area contributed by atoms with Crippen LogP contribution in [0.2, 0.25) is 0 Å². The molecule has 1 aliphatic carbocycles. The van der Waals surface area contributed by atoms with Crippen LogP contribution in [0.5, 0.6) is 5.75 Å². The number of unbranched alkanes of at least 4 members (excludes halogenated alkanes) is 3. The van der Waals surface area contributed by atoms with Gasteiger partial charge in [-0.3, -0.25) is 0 Å². The molecular weight excluding hydrogens is 588 g/mol. The average molecular weight is 625 g/mol. The Balaban J connectivity index is 1.28. The summed E-state index contributed by atoms with van der Waals surface area (Å²) >= 11 is 0. The van der Waals surface area contributed by atoms with Crippen molar-refractivity contribution in [2.75, 3.05) is 0 Å². The zero-order valence-corrected chi connectivity index (χ0v) is 24.6. The second-order valence-corrected chi connectivity index (χ2v) is 11.5. The normalized spacial score (nSPS) is 17.8. The largest absolute Gasteiger partial charge is 0.573 e. The second-order valence-electron chi connectivity index (χ2n) is 11.5. The van der Waals surface area contributed by atoms with Crippen LogP contribution in [0.15, 0.2) is 60.4 Å². The maximum absolute atomic E-state index is 14.9. The highest BCUT2D eigenvalue weighted by Crippen LogP contribution is 2.39. The summed E-state index contributed by atoms with van der Waals surface area (Å²) < 4.78 is 112. The predicted molar refractivity (Wildman–Crippen MR) is 156 cm³/mol. The summed E-state index contributed by atoms with van der Waals surface area (Å²) in [5, 5.41) is 0. The Bertz CT molecular complexity index is 1400. The van der Waals surface area contributed by atoms with Gasteiger partial charge in [0.1, 0.15) is 11.6 Å². The molecule has 0 heterocycles. The average Bonchev–Trinajstić information content (AvgIpc) is 2.99. The first-order chi connectivity index (χ1) is 20.9. The molecule has 44 heavy (non-hydrogen) atoms. The number of hydrogen-bond acceptors (Lipinski definition) is 1. The molecule has 1 nitrogen and oxygen atoms in total. The summed E-state index contributed by atoms with van der Waals surface area (Å²) in [5.74, 6) is -6.21. The molecule has 1 fully saturated rings. The number of alkyl halides is 3. The van der Waals surface area contributed by atoms with Gasteiger partial charge in [0, 0.05) is 17.5 Å². The van der Waals surface area contributed by atoms with E-state index in [9.17, 15) is 35.1 Å². The van der Waals surface area contributed by atoms with Crippen molar-refractivity contribution in [3.05, 3.63) is 94.6 Å². The molecule has 4 rings (SSSR count). The number of hydrogen-bond donors (Lipinski definition) is 0. The number of halogens is 8. The minimum absolute atomic E-state index is 0.117. The Morgan fingerprint density at radius 1 is 0.795 bits per heavy atom. The van der Waals surface area contributed by atoms with Crippen LogP contribution in [-0.2, 0) is 6.42 Å². The van der Waals surface area contributed by atoms with E-state index >= 15 is 0 Å². The first-order valence-electron chi connectivity index (χ1n) is 15.1. The third-order valence-corrected chi connectivity index (χ3v) is 8.37. The van der Waals surface area contributed by atoms with Crippen molar-refractivity contribution in [1.82, 2.24) is 0 Å². The van der Waals surface area contributed by atoms with E-state index in [1.54, 1.807) is 18.2 Å². The fourth-order valence-electron chi connectivity index (χ4n) is 5.91. The number of aryl methyl sites for hydroxylation is 1. The van der Waals surface area contributed by atoms with E-state index in [1.165, 1.54) is 12.1 Å². The number of allylic oxidation sites excluding steroid dienone is 1. The molecular formula is C35H36F8O. The topological polar surface area (TPSA) is 9.23 Å². The molecule has 238 valence electrons. The smallest absolute Gasteiger partial charge is 0.399 e. The minimum Gasteiger partial charge on any atom is -0.399 e. The Morgan fingerprint density at radius 3 is 2.05 bits per heavy atom. The van der Waals surface area contributed by atoms with E-state index in [2.05, 4.69) is 11.7 Å². The third-order valence-electron chi connectivity index (χ3n) is 8.37. The molecule has 0 radical (unpaired) electrons. The molecule has 0 amide bonds. The summed E-state index contributed by atoms with van der Waals surface area (Å²) in [6.45, 7) is 2.07. The van der Waals surface area contributed by atoms with Crippen LogP contribution >= 0.6 is 0 Å². The Labute approximate surface area is 252 Å². The molecule has 1 aliphatic rings. The second kappa shape index (κ2) is 15.1. The Hall–Kier alpha value is -3.36. The monoisotopic (exact) mass is 624 g/mol. The van der Waals surface area contributed by atoms with Crippen LogP contribution < -0.4 is 4.74 Å². The Morgan fingerprint density at radius 2 is 1.45 bits per heavy atom. The molecule has 1 saturated carbocycles. The molecule has 0 aliphatic heterocycles. The van der Waals surface area contributed by atoms with Gasteiger partial charge in [-0.15, -0.1) is 13.2 Å². The summed E-state index contributed by atoms with van der Waals surface area (Å²) in [4.78, 5) is 0. The zero-order valence-electron chi connectivity index (χ0n) is 24.6. The molecule has 0 aromatic heterocycles. The molecule has 0 bridgehead atoms. The van der Waals surface area contributed by atoms with Crippen molar-refractivity contribution >= 4 is 5.83 Å². The predicted octanol–water partition coefficient (Wildman–Crippen LogP) is 12.2. The van der Waals surface area contributed by atoms with Crippen molar-refractivity contribution in [3.63, 3.8) is 0 Å². The number of rotatable bonds is 12. The molecule has 0 unspecified atom stereocenters. The van der Waals surface area contributed by atoms with Crippen molar-refractivity contribution < 1.29 is 39.9 Å². The fraction of sp³-hybridized carbons (Fsp3) is 0.429. The van der Waals surface area contributed by atoms with Gasteiger partial charge in [-0.25, -0.2) is 22.0 Å². The lowest BCUT2D eigenvalue weighted by atomic mass is 9.77. The summed E-state index contributed by atoms with van der Waals surface area (Å²) in [6, 6.07) is 12.5. The first-order valence-corrected chi connectivity index (χ1v) is 15.1. The number of benzene rings is 3. The molecule has 9 heteroatoms. The zero-order chi connectivity index (χ0) is 31.9. The summed E-state index contributed by atoms with van der Waals surface area (Å²) in [7, 11) is 0. The van der Waals surface area contributed by atoms with E-state index in [4.69, 9.17) is 0 Å². The van der Waals surface area contributed by atoms with Crippen molar-refractivity contribution in [2.45, 2.75) is 89.8 Å². The van der Waals surface area contributed by atoms with Gasteiger partial charge >= 0.3 is 6.36 Å². The SMILES string of the molecule is CCCCCC/C(F)=C(\F)c1ccc(C2CCC(CCc3ccc(-c4cc(F)c(OC(F)(F)F)c(F)c4)c(F)c3)CC2)cc1. The lowest BCUT2D eigenvalue weighted by Crippen LogP contribution is -2.19. The van der Waals surface area contributed by atoms with E-state index < -0.39 is 41.2 Å². The highest BCUT2D eigenvalue weighted by atomic mass is 19.4. The van der Waals surface area contributed by atoms with Crippen LogP contribution in [0, 0.1) is 23.4 Å². The molecule has 3 aromatic rings. The summed E-state index contributed by atoms with van der Waals surface area (Å²) in [5.41, 5.74) is 1.69. The van der Waals surface area contributed by atoms with Gasteiger partial charge < -0.3 is 4.74 Å².